The van der Waals surface area contributed by atoms with Crippen LogP contribution in [-0.2, 0) is 25.6 Å². The van der Waals surface area contributed by atoms with Crippen molar-refractivity contribution in [2.75, 3.05) is 6.54 Å². The van der Waals surface area contributed by atoms with Crippen molar-refractivity contribution in [1.82, 2.24) is 15.3 Å². The van der Waals surface area contributed by atoms with Crippen molar-refractivity contribution in [3.63, 3.8) is 0 Å². The number of nitrogens with one attached hydrogen (secondary N) is 2. The second kappa shape index (κ2) is 7.38. The Labute approximate surface area is 158 Å². The van der Waals surface area contributed by atoms with Crippen molar-refractivity contribution in [3.8, 4) is 0 Å². The standard InChI is InChI=1S/C15H19N9O4/c16-8(4-7-5-19-6-20-7)14(27)24(3-1-2-9(24)12(17)25)15(28)11-10(22-23-18)13(26)21-11/h5-6,8-11H,1-4,16H2,(H3-,17,19,20,21,25,26)/p+1/t8-,9-,10+,11-,24?/m0/s1. The molecule has 0 bridgehead atoms. The predicted molar refractivity (Wildman–Crippen MR) is 92.5 cm³/mol. The van der Waals surface area contributed by atoms with Crippen LogP contribution in [0.25, 0.3) is 10.4 Å². The van der Waals surface area contributed by atoms with Gasteiger partial charge < -0.3 is 21.8 Å². The van der Waals surface area contributed by atoms with Gasteiger partial charge in [-0.25, -0.2) is 14.6 Å². The molecule has 0 aromatic carbocycles. The van der Waals surface area contributed by atoms with E-state index in [1.54, 1.807) is 0 Å². The Balaban J connectivity index is 1.95. The monoisotopic (exact) mass is 390 g/mol. The zero-order valence-electron chi connectivity index (χ0n) is 14.8. The Morgan fingerprint density at radius 2 is 2.21 bits per heavy atom. The smallest absolute Gasteiger partial charge is 0.345 e. The fourth-order valence-electron chi connectivity index (χ4n) is 3.91. The zero-order chi connectivity index (χ0) is 20.5. The minimum absolute atomic E-state index is 0.0251. The van der Waals surface area contributed by atoms with Crippen molar-refractivity contribution in [2.24, 2.45) is 16.6 Å². The van der Waals surface area contributed by atoms with Crippen LogP contribution < -0.4 is 16.8 Å². The molecule has 0 saturated carbocycles. The molecule has 1 aromatic rings. The maximum atomic E-state index is 13.3. The van der Waals surface area contributed by atoms with Gasteiger partial charge in [0, 0.05) is 36.1 Å². The molecule has 13 nitrogen and oxygen atoms in total. The summed E-state index contributed by atoms with van der Waals surface area (Å²) in [7, 11) is 0. The highest BCUT2D eigenvalue weighted by atomic mass is 16.2. The van der Waals surface area contributed by atoms with Gasteiger partial charge in [0.25, 0.3) is 5.91 Å². The first kappa shape index (κ1) is 19.5. The number of carbonyl (C=O) groups excluding carboxylic acids is 4. The highest BCUT2D eigenvalue weighted by Crippen LogP contribution is 2.32. The maximum Gasteiger partial charge on any atom is 0.345 e. The van der Waals surface area contributed by atoms with Crippen molar-refractivity contribution >= 4 is 23.6 Å². The van der Waals surface area contributed by atoms with Gasteiger partial charge in [0.15, 0.2) is 12.1 Å². The lowest BCUT2D eigenvalue weighted by atomic mass is 9.95. The second-order valence-corrected chi connectivity index (χ2v) is 6.85. The molecule has 4 amide bonds. The van der Waals surface area contributed by atoms with E-state index in [9.17, 15) is 19.2 Å². The number of primary amides is 1. The van der Waals surface area contributed by atoms with E-state index in [4.69, 9.17) is 17.0 Å². The summed E-state index contributed by atoms with van der Waals surface area (Å²) < 4.78 is -0.896. The number of H-pyrrole nitrogens is 1. The molecule has 2 aliphatic rings. The van der Waals surface area contributed by atoms with Gasteiger partial charge in [0.05, 0.1) is 12.9 Å². The molecule has 2 saturated heterocycles. The Morgan fingerprint density at radius 1 is 1.46 bits per heavy atom. The molecule has 0 radical (unpaired) electrons. The number of nitrogens with two attached hydrogens (primary N) is 2. The lowest BCUT2D eigenvalue weighted by Gasteiger charge is -2.41. The molecule has 13 heteroatoms. The summed E-state index contributed by atoms with van der Waals surface area (Å²) >= 11 is 0. The van der Waals surface area contributed by atoms with Crippen LogP contribution in [0.4, 0.5) is 0 Å². The van der Waals surface area contributed by atoms with E-state index in [2.05, 4.69) is 25.3 Å². The highest BCUT2D eigenvalue weighted by molar-refractivity contribution is 6.03. The quantitative estimate of drug-likeness (QED) is 0.141. The van der Waals surface area contributed by atoms with Crippen molar-refractivity contribution < 1.29 is 23.7 Å². The minimum Gasteiger partial charge on any atom is -0.364 e. The van der Waals surface area contributed by atoms with Gasteiger partial charge in [0.1, 0.15) is 12.1 Å². The molecule has 0 spiro atoms. The first-order valence-corrected chi connectivity index (χ1v) is 8.66. The summed E-state index contributed by atoms with van der Waals surface area (Å²) in [5.41, 5.74) is 20.8. The van der Waals surface area contributed by atoms with E-state index in [1.807, 2.05) is 0 Å². The number of aromatic nitrogens is 2. The summed E-state index contributed by atoms with van der Waals surface area (Å²) in [6.45, 7) is 0.0251. The van der Waals surface area contributed by atoms with E-state index in [-0.39, 0.29) is 19.4 Å². The fourth-order valence-corrected chi connectivity index (χ4v) is 3.91. The normalized spacial score (nSPS) is 29.9. The molecule has 148 valence electrons. The topological polar surface area (TPSA) is 210 Å². The van der Waals surface area contributed by atoms with Crippen LogP contribution in [0.1, 0.15) is 18.5 Å². The number of likely N-dealkylation sites (tertiary alicyclic amines) is 1. The molecule has 3 rings (SSSR count). The molecule has 28 heavy (non-hydrogen) atoms. The average Bonchev–Trinajstić information content (AvgIpc) is 3.33. The van der Waals surface area contributed by atoms with Crippen LogP contribution in [-0.4, -0.2) is 68.8 Å². The van der Waals surface area contributed by atoms with Gasteiger partial charge in [-0.3, -0.25) is 9.59 Å². The van der Waals surface area contributed by atoms with E-state index in [0.717, 1.165) is 0 Å². The zero-order valence-corrected chi connectivity index (χ0v) is 14.8. The van der Waals surface area contributed by atoms with E-state index in [0.29, 0.717) is 12.1 Å². The van der Waals surface area contributed by atoms with E-state index >= 15 is 0 Å². The van der Waals surface area contributed by atoms with Gasteiger partial charge in [-0.15, -0.1) is 0 Å². The second-order valence-electron chi connectivity index (χ2n) is 6.85. The van der Waals surface area contributed by atoms with Crippen LogP contribution in [0, 0.1) is 0 Å². The third-order valence-electron chi connectivity index (χ3n) is 5.27. The first-order chi connectivity index (χ1) is 13.3. The van der Waals surface area contributed by atoms with Crippen LogP contribution in [0.15, 0.2) is 17.6 Å². The molecule has 2 fully saturated rings. The Bertz CT molecular complexity index is 861. The molecule has 6 N–H and O–H groups in total. The van der Waals surface area contributed by atoms with Gasteiger partial charge in [-0.1, -0.05) is 5.11 Å². The molecule has 2 aliphatic heterocycles. The minimum atomic E-state index is -1.28. The summed E-state index contributed by atoms with van der Waals surface area (Å²) in [5, 5.41) is 5.66. The number of imide groups is 1. The molecule has 1 aromatic heterocycles. The number of amides is 4. The van der Waals surface area contributed by atoms with Crippen molar-refractivity contribution in [3.05, 3.63) is 28.7 Å². The van der Waals surface area contributed by atoms with Gasteiger partial charge in [0.2, 0.25) is 5.91 Å². The molecule has 5 atom stereocenters. The number of quaternary nitrogens is 1. The Hall–Kier alpha value is -3.28. The van der Waals surface area contributed by atoms with Crippen LogP contribution >= 0.6 is 0 Å². The Morgan fingerprint density at radius 3 is 2.79 bits per heavy atom. The Kier molecular flexibility index (Phi) is 5.14. The fraction of sp³-hybridized carbons (Fsp3) is 0.533. The number of azide groups is 1. The number of imidazole rings is 1. The van der Waals surface area contributed by atoms with Gasteiger partial charge in [-0.05, 0) is 5.53 Å². The highest BCUT2D eigenvalue weighted by Gasteiger charge is 2.63. The molecule has 1 unspecified atom stereocenters. The molecule has 3 heterocycles. The number of rotatable bonds is 6. The van der Waals surface area contributed by atoms with Crippen molar-refractivity contribution in [1.29, 1.82) is 0 Å². The van der Waals surface area contributed by atoms with Gasteiger partial charge >= 0.3 is 11.8 Å². The first-order valence-electron chi connectivity index (χ1n) is 8.66. The number of β-lactam (4-membered cyclic amide) rings is 1. The number of aromatic amines is 1. The van der Waals surface area contributed by atoms with Crippen LogP contribution in [0.3, 0.4) is 0 Å². The number of hydrogen-bond donors (Lipinski definition) is 4. The maximum absolute atomic E-state index is 13.3. The number of carbonyl (C=O) groups is 4. The largest absolute Gasteiger partial charge is 0.364 e. The van der Waals surface area contributed by atoms with Crippen molar-refractivity contribution in [2.45, 2.75) is 43.4 Å². The van der Waals surface area contributed by atoms with E-state index < -0.39 is 52.3 Å². The lowest BCUT2D eigenvalue weighted by molar-refractivity contribution is -0.783. The molecular weight excluding hydrogens is 370 g/mol. The summed E-state index contributed by atoms with van der Waals surface area (Å²) in [5.74, 6) is -2.86. The summed E-state index contributed by atoms with van der Waals surface area (Å²) in [6, 6.07) is -4.71. The predicted octanol–water partition coefficient (Wildman–Crippen LogP) is -2.03. The summed E-state index contributed by atoms with van der Waals surface area (Å²) in [6.07, 6.45) is 3.64. The summed E-state index contributed by atoms with van der Waals surface area (Å²) in [4.78, 5) is 59.5. The SMILES string of the molecule is [N-]=[N+]=N[C@H]1C(=O)N[C@@H]1C(=O)[N+]1(C(=O)[C@@H](N)Cc2cnc[nH]2)CCC[C@H]1C(N)=O. The van der Waals surface area contributed by atoms with Crippen LogP contribution in [0.5, 0.6) is 0 Å². The third-order valence-corrected chi connectivity index (χ3v) is 5.27. The molecule has 0 aliphatic carbocycles. The third kappa shape index (κ3) is 3.01. The number of nitrogens with zero attached hydrogens (tertiary/aromatic N) is 5. The molecular formula is C15H20N9O4+. The lowest BCUT2D eigenvalue weighted by Crippen LogP contribution is -2.76. The van der Waals surface area contributed by atoms with Gasteiger partial charge in [-0.2, -0.15) is 4.48 Å². The van der Waals surface area contributed by atoms with Crippen LogP contribution in [0.2, 0.25) is 0 Å². The van der Waals surface area contributed by atoms with E-state index in [1.165, 1.54) is 12.5 Å². The average molecular weight is 390 g/mol. The number of hydrogen-bond acceptors (Lipinski definition) is 7.